The molecular weight excluding hydrogens is 276 g/mol. The van der Waals surface area contributed by atoms with Gasteiger partial charge in [0.05, 0.1) is 18.8 Å². The van der Waals surface area contributed by atoms with Gasteiger partial charge in [0, 0.05) is 18.8 Å². The highest BCUT2D eigenvalue weighted by Gasteiger charge is 2.24. The normalized spacial score (nSPS) is 24.0. The fraction of sp³-hybridized carbons (Fsp3) is 0.611. The molecule has 0 spiro atoms. The van der Waals surface area contributed by atoms with Crippen LogP contribution >= 0.6 is 0 Å². The van der Waals surface area contributed by atoms with E-state index in [0.717, 1.165) is 25.2 Å². The Bertz CT molecular complexity index is 494. The van der Waals surface area contributed by atoms with E-state index >= 15 is 0 Å². The molecule has 0 aromatic heterocycles. The zero-order valence-corrected chi connectivity index (χ0v) is 14.1. The van der Waals surface area contributed by atoms with Gasteiger partial charge in [0.25, 0.3) is 0 Å². The van der Waals surface area contributed by atoms with Crippen LogP contribution in [0.3, 0.4) is 0 Å². The van der Waals surface area contributed by atoms with Crippen molar-refractivity contribution >= 4 is 11.6 Å². The van der Waals surface area contributed by atoms with E-state index in [1.54, 1.807) is 0 Å². The topological polar surface area (TPSA) is 41.6 Å². The molecule has 0 unspecified atom stereocenters. The minimum Gasteiger partial charge on any atom is -0.373 e. The Labute approximate surface area is 133 Å². The summed E-state index contributed by atoms with van der Waals surface area (Å²) in [6.45, 7) is 10.5. The molecule has 1 amide bonds. The third kappa shape index (κ3) is 4.55. The molecule has 2 rings (SSSR count). The first-order valence-corrected chi connectivity index (χ1v) is 8.26. The van der Waals surface area contributed by atoms with Crippen molar-refractivity contribution < 1.29 is 9.53 Å². The second-order valence-electron chi connectivity index (χ2n) is 6.40. The fourth-order valence-electron chi connectivity index (χ4n) is 3.07. The van der Waals surface area contributed by atoms with Gasteiger partial charge in [-0.3, -0.25) is 9.69 Å². The summed E-state index contributed by atoms with van der Waals surface area (Å²) in [5.41, 5.74) is 2.15. The number of para-hydroxylation sites is 1. The monoisotopic (exact) mass is 304 g/mol. The van der Waals surface area contributed by atoms with Gasteiger partial charge in [-0.2, -0.15) is 0 Å². The number of hydrogen-bond acceptors (Lipinski definition) is 3. The van der Waals surface area contributed by atoms with Gasteiger partial charge in [0.1, 0.15) is 0 Å². The summed E-state index contributed by atoms with van der Waals surface area (Å²) >= 11 is 0. The van der Waals surface area contributed by atoms with E-state index in [1.807, 2.05) is 18.2 Å². The van der Waals surface area contributed by atoms with Crippen molar-refractivity contribution in [1.29, 1.82) is 0 Å². The zero-order chi connectivity index (χ0) is 16.1. The smallest absolute Gasteiger partial charge is 0.238 e. The molecule has 1 heterocycles. The van der Waals surface area contributed by atoms with E-state index in [2.05, 4.69) is 44.0 Å². The lowest BCUT2D eigenvalue weighted by Gasteiger charge is -2.34. The molecule has 1 aliphatic rings. The molecule has 1 aromatic rings. The van der Waals surface area contributed by atoms with Crippen LogP contribution < -0.4 is 5.32 Å². The highest BCUT2D eigenvalue weighted by molar-refractivity contribution is 5.93. The van der Waals surface area contributed by atoms with Gasteiger partial charge >= 0.3 is 0 Å². The van der Waals surface area contributed by atoms with Crippen molar-refractivity contribution in [2.75, 3.05) is 25.0 Å². The third-order valence-corrected chi connectivity index (χ3v) is 4.24. The summed E-state index contributed by atoms with van der Waals surface area (Å²) in [7, 11) is 0. The molecule has 0 bridgehead atoms. The number of nitrogens with one attached hydrogen (secondary N) is 1. The fourth-order valence-corrected chi connectivity index (χ4v) is 3.07. The number of benzene rings is 1. The van der Waals surface area contributed by atoms with E-state index in [9.17, 15) is 4.79 Å². The predicted molar refractivity (Wildman–Crippen MR) is 90.2 cm³/mol. The number of amides is 1. The van der Waals surface area contributed by atoms with Crippen LogP contribution in [0.1, 0.15) is 45.6 Å². The minimum absolute atomic E-state index is 0.0528. The van der Waals surface area contributed by atoms with Gasteiger partial charge in [-0.25, -0.2) is 0 Å². The van der Waals surface area contributed by atoms with E-state index < -0.39 is 0 Å². The maximum Gasteiger partial charge on any atom is 0.238 e. The van der Waals surface area contributed by atoms with Gasteiger partial charge in [-0.05, 0) is 37.8 Å². The second kappa shape index (κ2) is 7.75. The maximum absolute atomic E-state index is 12.4. The van der Waals surface area contributed by atoms with E-state index in [-0.39, 0.29) is 18.1 Å². The Morgan fingerprint density at radius 2 is 1.95 bits per heavy atom. The van der Waals surface area contributed by atoms with E-state index in [1.165, 1.54) is 5.56 Å². The SMILES string of the molecule is CC[C@H](C)c1ccccc1NC(=O)CN1C[C@@H](C)O[C@@H](C)C1. The van der Waals surface area contributed by atoms with Crippen molar-refractivity contribution in [3.05, 3.63) is 29.8 Å². The molecule has 4 heteroatoms. The predicted octanol–water partition coefficient (Wildman–Crippen LogP) is 3.25. The number of hydrogen-bond donors (Lipinski definition) is 1. The second-order valence-corrected chi connectivity index (χ2v) is 6.40. The first kappa shape index (κ1) is 17.0. The van der Waals surface area contributed by atoms with Crippen LogP contribution in [0.25, 0.3) is 0 Å². The summed E-state index contributed by atoms with van der Waals surface area (Å²) in [5.74, 6) is 0.497. The molecule has 1 N–H and O–H groups in total. The van der Waals surface area contributed by atoms with Crippen molar-refractivity contribution in [2.24, 2.45) is 0 Å². The third-order valence-electron chi connectivity index (χ3n) is 4.24. The molecule has 0 saturated carbocycles. The van der Waals surface area contributed by atoms with Crippen LogP contribution in [0, 0.1) is 0 Å². The lowest BCUT2D eigenvalue weighted by Crippen LogP contribution is -2.48. The maximum atomic E-state index is 12.4. The molecular formula is C18H28N2O2. The Kier molecular flexibility index (Phi) is 5.98. The van der Waals surface area contributed by atoms with E-state index in [4.69, 9.17) is 4.74 Å². The first-order valence-electron chi connectivity index (χ1n) is 8.26. The summed E-state index contributed by atoms with van der Waals surface area (Å²) in [6.07, 6.45) is 1.43. The van der Waals surface area contributed by atoms with Crippen LogP contribution in [-0.2, 0) is 9.53 Å². The molecule has 0 radical (unpaired) electrons. The molecule has 22 heavy (non-hydrogen) atoms. The number of nitrogens with zero attached hydrogens (tertiary/aromatic N) is 1. The number of carbonyl (C=O) groups excluding carboxylic acids is 1. The van der Waals surface area contributed by atoms with Gasteiger partial charge in [-0.1, -0.05) is 32.0 Å². The van der Waals surface area contributed by atoms with Crippen molar-refractivity contribution in [2.45, 2.75) is 52.2 Å². The zero-order valence-electron chi connectivity index (χ0n) is 14.1. The number of carbonyl (C=O) groups is 1. The Balaban J connectivity index is 1.97. The summed E-state index contributed by atoms with van der Waals surface area (Å²) in [4.78, 5) is 14.5. The number of anilines is 1. The quantitative estimate of drug-likeness (QED) is 0.908. The van der Waals surface area contributed by atoms with Crippen LogP contribution in [0.2, 0.25) is 0 Å². The van der Waals surface area contributed by atoms with Crippen LogP contribution in [0.4, 0.5) is 5.69 Å². The standard InChI is InChI=1S/C18H28N2O2/c1-5-13(2)16-8-6-7-9-17(16)19-18(21)12-20-10-14(3)22-15(4)11-20/h6-9,13-15H,5,10-12H2,1-4H3,(H,19,21)/t13-,14-,15+/m0/s1. The molecule has 4 nitrogen and oxygen atoms in total. The highest BCUT2D eigenvalue weighted by Crippen LogP contribution is 2.26. The molecule has 3 atom stereocenters. The lowest BCUT2D eigenvalue weighted by molar-refractivity contribution is -0.121. The summed E-state index contributed by atoms with van der Waals surface area (Å²) < 4.78 is 5.71. The molecule has 1 aromatic carbocycles. The molecule has 122 valence electrons. The molecule has 1 fully saturated rings. The lowest BCUT2D eigenvalue weighted by atomic mass is 9.97. The molecule has 0 aliphatic carbocycles. The van der Waals surface area contributed by atoms with E-state index in [0.29, 0.717) is 12.5 Å². The van der Waals surface area contributed by atoms with Gasteiger partial charge in [-0.15, -0.1) is 0 Å². The van der Waals surface area contributed by atoms with Crippen molar-refractivity contribution in [1.82, 2.24) is 4.90 Å². The van der Waals surface area contributed by atoms with Crippen molar-refractivity contribution in [3.63, 3.8) is 0 Å². The van der Waals surface area contributed by atoms with Gasteiger partial charge in [0.2, 0.25) is 5.91 Å². The van der Waals surface area contributed by atoms with Gasteiger partial charge in [0.15, 0.2) is 0 Å². The number of rotatable bonds is 5. The molecule has 1 saturated heterocycles. The van der Waals surface area contributed by atoms with Gasteiger partial charge < -0.3 is 10.1 Å². The van der Waals surface area contributed by atoms with Crippen molar-refractivity contribution in [3.8, 4) is 0 Å². The Morgan fingerprint density at radius 3 is 2.59 bits per heavy atom. The number of morpholine rings is 1. The Hall–Kier alpha value is -1.39. The minimum atomic E-state index is 0.0528. The molecule has 1 aliphatic heterocycles. The summed E-state index contributed by atoms with van der Waals surface area (Å²) in [5, 5.41) is 3.08. The highest BCUT2D eigenvalue weighted by atomic mass is 16.5. The average Bonchev–Trinajstić information content (AvgIpc) is 2.45. The average molecular weight is 304 g/mol. The van der Waals surface area contributed by atoms with Crippen LogP contribution in [0.5, 0.6) is 0 Å². The Morgan fingerprint density at radius 1 is 1.32 bits per heavy atom. The largest absolute Gasteiger partial charge is 0.373 e. The van der Waals surface area contributed by atoms with Crippen LogP contribution in [-0.4, -0.2) is 42.6 Å². The van der Waals surface area contributed by atoms with Crippen LogP contribution in [0.15, 0.2) is 24.3 Å². The first-order chi connectivity index (χ1) is 10.5. The summed E-state index contributed by atoms with van der Waals surface area (Å²) in [6, 6.07) is 8.09. The number of ether oxygens (including phenoxy) is 1.